The first-order chi connectivity index (χ1) is 7.74. The summed E-state index contributed by atoms with van der Waals surface area (Å²) in [5, 5.41) is 0. The maximum atomic E-state index is 11.2. The van der Waals surface area contributed by atoms with Gasteiger partial charge < -0.3 is 19.0 Å². The molecule has 1 aliphatic rings. The fourth-order valence-electron chi connectivity index (χ4n) is 2.26. The van der Waals surface area contributed by atoms with E-state index in [-0.39, 0.29) is 18.3 Å². The minimum absolute atomic E-state index is 0.153. The molecule has 0 radical (unpaired) electrons. The number of carbonyl (C=O) groups excluding carboxylic acids is 2. The van der Waals surface area contributed by atoms with Gasteiger partial charge in [-0.1, -0.05) is 6.92 Å². The molecule has 1 aliphatic heterocycles. The molecule has 0 spiro atoms. The van der Waals surface area contributed by atoms with Crippen molar-refractivity contribution in [2.24, 2.45) is 5.92 Å². The van der Waals surface area contributed by atoms with Gasteiger partial charge in [-0.05, 0) is 26.7 Å². The number of hydrogen-bond acceptors (Lipinski definition) is 5. The summed E-state index contributed by atoms with van der Waals surface area (Å²) in [7, 11) is 1.34. The average molecular weight is 244 g/mol. The van der Waals surface area contributed by atoms with Crippen LogP contribution < -0.4 is 0 Å². The zero-order valence-corrected chi connectivity index (χ0v) is 11.0. The second-order valence-corrected chi connectivity index (χ2v) is 5.10. The summed E-state index contributed by atoms with van der Waals surface area (Å²) < 4.78 is 15.9. The van der Waals surface area contributed by atoms with Gasteiger partial charge >= 0.3 is 5.97 Å². The highest BCUT2D eigenvalue weighted by Crippen LogP contribution is 2.39. The molecule has 98 valence electrons. The summed E-state index contributed by atoms with van der Waals surface area (Å²) in [4.78, 5) is 22.4. The van der Waals surface area contributed by atoms with Crippen LogP contribution in [0.2, 0.25) is 0 Å². The Morgan fingerprint density at radius 1 is 1.47 bits per heavy atom. The van der Waals surface area contributed by atoms with Gasteiger partial charge in [0.15, 0.2) is 17.7 Å². The maximum Gasteiger partial charge on any atom is 0.305 e. The third-order valence-electron chi connectivity index (χ3n) is 2.91. The van der Waals surface area contributed by atoms with Crippen molar-refractivity contribution in [1.82, 2.24) is 0 Å². The fraction of sp³-hybridized carbons (Fsp3) is 0.833. The molecule has 0 saturated carbocycles. The van der Waals surface area contributed by atoms with E-state index in [1.54, 1.807) is 20.8 Å². The number of rotatable bonds is 4. The molecule has 0 amide bonds. The van der Waals surface area contributed by atoms with Crippen LogP contribution in [0, 0.1) is 5.92 Å². The number of ether oxygens (including phenoxy) is 3. The number of methoxy groups -OCH3 is 1. The van der Waals surface area contributed by atoms with Gasteiger partial charge in [0.05, 0.1) is 19.6 Å². The zero-order chi connectivity index (χ0) is 13.3. The van der Waals surface area contributed by atoms with E-state index in [1.165, 1.54) is 7.11 Å². The summed E-state index contributed by atoms with van der Waals surface area (Å²) in [6.45, 7) is 7.01. The smallest absolute Gasteiger partial charge is 0.305 e. The molecule has 0 aliphatic carbocycles. The third-order valence-corrected chi connectivity index (χ3v) is 2.91. The Kier molecular flexibility index (Phi) is 3.94. The minimum atomic E-state index is -1.02. The summed E-state index contributed by atoms with van der Waals surface area (Å²) in [6.07, 6.45) is 0.485. The first-order valence-corrected chi connectivity index (χ1v) is 5.65. The second-order valence-electron chi connectivity index (χ2n) is 5.10. The molecule has 1 saturated heterocycles. The van der Waals surface area contributed by atoms with Gasteiger partial charge in [0.1, 0.15) is 0 Å². The van der Waals surface area contributed by atoms with Crippen molar-refractivity contribution in [3.05, 3.63) is 0 Å². The fourth-order valence-corrected chi connectivity index (χ4v) is 2.26. The molecule has 3 atom stereocenters. The Morgan fingerprint density at radius 2 is 2.06 bits per heavy atom. The SMILES string of the molecule is COC(=O)C[C@H](C)[C@@H]1OC(C)(C)O[C@]1(C)C=O. The van der Waals surface area contributed by atoms with E-state index in [4.69, 9.17) is 9.47 Å². The van der Waals surface area contributed by atoms with Crippen molar-refractivity contribution < 1.29 is 23.8 Å². The van der Waals surface area contributed by atoms with E-state index in [0.717, 1.165) is 6.29 Å². The summed E-state index contributed by atoms with van der Waals surface area (Å²) in [5.41, 5.74) is -1.02. The molecule has 0 bridgehead atoms. The van der Waals surface area contributed by atoms with Gasteiger partial charge in [0.2, 0.25) is 0 Å². The molecular formula is C12H20O5. The Balaban J connectivity index is 2.81. The molecule has 0 aromatic carbocycles. The molecule has 0 unspecified atom stereocenters. The van der Waals surface area contributed by atoms with Crippen molar-refractivity contribution in [1.29, 1.82) is 0 Å². The topological polar surface area (TPSA) is 61.8 Å². The lowest BCUT2D eigenvalue weighted by Gasteiger charge is -2.26. The van der Waals surface area contributed by atoms with Gasteiger partial charge in [-0.25, -0.2) is 0 Å². The summed E-state index contributed by atoms with van der Waals surface area (Å²) in [6, 6.07) is 0. The van der Waals surface area contributed by atoms with E-state index in [2.05, 4.69) is 4.74 Å². The highest BCUT2D eigenvalue weighted by atomic mass is 16.8. The molecule has 5 nitrogen and oxygen atoms in total. The normalized spacial score (nSPS) is 33.1. The molecule has 1 rings (SSSR count). The van der Waals surface area contributed by atoms with Crippen molar-refractivity contribution in [2.75, 3.05) is 7.11 Å². The van der Waals surface area contributed by atoms with E-state index in [1.807, 2.05) is 6.92 Å². The van der Waals surface area contributed by atoms with E-state index < -0.39 is 17.5 Å². The number of aldehydes is 1. The molecule has 1 fully saturated rings. The van der Waals surface area contributed by atoms with Crippen LogP contribution in [0.1, 0.15) is 34.1 Å². The first kappa shape index (κ1) is 14.1. The minimum Gasteiger partial charge on any atom is -0.469 e. The highest BCUT2D eigenvalue weighted by molar-refractivity contribution is 5.70. The second kappa shape index (κ2) is 4.74. The molecule has 1 heterocycles. The van der Waals surface area contributed by atoms with E-state index >= 15 is 0 Å². The number of carbonyl (C=O) groups is 2. The predicted molar refractivity (Wildman–Crippen MR) is 60.3 cm³/mol. The molecule has 0 aromatic rings. The van der Waals surface area contributed by atoms with E-state index in [9.17, 15) is 9.59 Å². The predicted octanol–water partition coefficient (Wildman–Crippen LogP) is 1.29. The van der Waals surface area contributed by atoms with Crippen LogP contribution in [-0.2, 0) is 23.8 Å². The van der Waals surface area contributed by atoms with Crippen LogP contribution in [0.15, 0.2) is 0 Å². The van der Waals surface area contributed by atoms with E-state index in [0.29, 0.717) is 0 Å². The highest BCUT2D eigenvalue weighted by Gasteiger charge is 2.52. The Hall–Kier alpha value is -0.940. The van der Waals surface area contributed by atoms with Crippen LogP contribution in [0.4, 0.5) is 0 Å². The van der Waals surface area contributed by atoms with Gasteiger partial charge in [-0.3, -0.25) is 4.79 Å². The zero-order valence-electron chi connectivity index (χ0n) is 11.0. The molecule has 17 heavy (non-hydrogen) atoms. The van der Waals surface area contributed by atoms with Crippen molar-refractivity contribution in [3.63, 3.8) is 0 Å². The Labute approximate surface area is 101 Å². The van der Waals surface area contributed by atoms with Crippen LogP contribution in [0.25, 0.3) is 0 Å². The number of hydrogen-bond donors (Lipinski definition) is 0. The van der Waals surface area contributed by atoms with Crippen molar-refractivity contribution in [2.45, 2.75) is 51.6 Å². The molecule has 5 heteroatoms. The van der Waals surface area contributed by atoms with Crippen LogP contribution in [0.3, 0.4) is 0 Å². The van der Waals surface area contributed by atoms with Crippen LogP contribution >= 0.6 is 0 Å². The van der Waals surface area contributed by atoms with Crippen molar-refractivity contribution in [3.8, 4) is 0 Å². The molecule has 0 aromatic heterocycles. The molecular weight excluding hydrogens is 224 g/mol. The largest absolute Gasteiger partial charge is 0.469 e. The van der Waals surface area contributed by atoms with Gasteiger partial charge in [0, 0.05) is 0 Å². The van der Waals surface area contributed by atoms with Gasteiger partial charge in [-0.15, -0.1) is 0 Å². The maximum absolute atomic E-state index is 11.2. The van der Waals surface area contributed by atoms with Crippen molar-refractivity contribution >= 4 is 12.3 Å². The standard InChI is InChI=1S/C12H20O5/c1-8(6-9(14)15-5)10-12(4,7-13)17-11(2,3)16-10/h7-8,10H,6H2,1-5H3/t8-,10-,12+/m0/s1. The molecule has 0 N–H and O–H groups in total. The Morgan fingerprint density at radius 3 is 2.53 bits per heavy atom. The summed E-state index contributed by atoms with van der Waals surface area (Å²) in [5.74, 6) is -1.29. The lowest BCUT2D eigenvalue weighted by Crippen LogP contribution is -2.43. The van der Waals surface area contributed by atoms with Gasteiger partial charge in [-0.2, -0.15) is 0 Å². The quantitative estimate of drug-likeness (QED) is 0.551. The number of esters is 1. The Bertz CT molecular complexity index is 312. The van der Waals surface area contributed by atoms with Crippen LogP contribution in [-0.4, -0.2) is 36.9 Å². The third kappa shape index (κ3) is 3.04. The lowest BCUT2D eigenvalue weighted by atomic mass is 9.88. The summed E-state index contributed by atoms with van der Waals surface area (Å²) >= 11 is 0. The first-order valence-electron chi connectivity index (χ1n) is 5.65. The van der Waals surface area contributed by atoms with Crippen LogP contribution in [0.5, 0.6) is 0 Å². The van der Waals surface area contributed by atoms with Gasteiger partial charge in [0.25, 0.3) is 0 Å². The monoisotopic (exact) mass is 244 g/mol. The average Bonchev–Trinajstić information content (AvgIpc) is 2.49. The lowest BCUT2D eigenvalue weighted by molar-refractivity contribution is -0.165.